The third-order valence-corrected chi connectivity index (χ3v) is 7.47. The Labute approximate surface area is 215 Å². The summed E-state index contributed by atoms with van der Waals surface area (Å²) in [5.74, 6) is 0.473. The van der Waals surface area contributed by atoms with Gasteiger partial charge in [-0.2, -0.15) is 5.10 Å². The van der Waals surface area contributed by atoms with Gasteiger partial charge in [-0.05, 0) is 50.0 Å². The van der Waals surface area contributed by atoms with E-state index in [1.807, 2.05) is 11.4 Å². The van der Waals surface area contributed by atoms with Crippen molar-refractivity contribution in [1.82, 2.24) is 40.0 Å². The molecule has 4 heterocycles. The molecule has 1 aromatic carbocycles. The number of H-pyrrole nitrogens is 1. The molecule has 1 saturated carbocycles. The van der Waals surface area contributed by atoms with Crippen LogP contribution in [0.4, 0.5) is 4.39 Å². The van der Waals surface area contributed by atoms with Gasteiger partial charge in [-0.3, -0.25) is 14.9 Å². The molecule has 0 unspecified atom stereocenters. The van der Waals surface area contributed by atoms with Crippen LogP contribution in [0.25, 0.3) is 40.0 Å². The second kappa shape index (κ2) is 9.66. The van der Waals surface area contributed by atoms with Gasteiger partial charge in [0.2, 0.25) is 0 Å². The van der Waals surface area contributed by atoms with Gasteiger partial charge < -0.3 is 9.88 Å². The maximum Gasteiger partial charge on any atom is 0.280 e. The van der Waals surface area contributed by atoms with Crippen LogP contribution in [0.3, 0.4) is 0 Å². The Morgan fingerprint density at radius 1 is 1.24 bits per heavy atom. The first-order chi connectivity index (χ1) is 18.1. The van der Waals surface area contributed by atoms with Gasteiger partial charge in [0.15, 0.2) is 10.8 Å². The molecular formula is C26H23FN8OS. The van der Waals surface area contributed by atoms with Gasteiger partial charge in [-0.25, -0.2) is 19.3 Å². The highest BCUT2D eigenvalue weighted by atomic mass is 32.1. The van der Waals surface area contributed by atoms with Gasteiger partial charge in [0.25, 0.3) is 5.91 Å². The van der Waals surface area contributed by atoms with Crippen molar-refractivity contribution >= 4 is 34.4 Å². The number of aromatic nitrogens is 7. The maximum absolute atomic E-state index is 15.0. The summed E-state index contributed by atoms with van der Waals surface area (Å²) in [5, 5.41) is 12.2. The van der Waals surface area contributed by atoms with Crippen LogP contribution in [0.2, 0.25) is 0 Å². The third kappa shape index (κ3) is 4.42. The molecule has 2 N–H and O–H groups in total. The molecule has 0 aliphatic heterocycles. The summed E-state index contributed by atoms with van der Waals surface area (Å²) in [7, 11) is 0. The number of nitrogens with one attached hydrogen (secondary N) is 2. The zero-order chi connectivity index (χ0) is 25.4. The van der Waals surface area contributed by atoms with Crippen molar-refractivity contribution in [2.75, 3.05) is 0 Å². The van der Waals surface area contributed by atoms with E-state index in [-0.39, 0.29) is 23.8 Å². The number of hydrogen-bond donors (Lipinski definition) is 2. The number of hydrogen-bond acceptors (Lipinski definition) is 7. The van der Waals surface area contributed by atoms with E-state index in [0.29, 0.717) is 45.5 Å². The predicted molar refractivity (Wildman–Crippen MR) is 139 cm³/mol. The number of nitrogens with zero attached hydrogens (tertiary/aromatic N) is 6. The zero-order valence-corrected chi connectivity index (χ0v) is 20.6. The number of benzene rings is 1. The molecule has 1 aliphatic carbocycles. The molecule has 1 aliphatic rings. The largest absolute Gasteiger partial charge is 0.347 e. The van der Waals surface area contributed by atoms with Crippen molar-refractivity contribution in [1.29, 1.82) is 0 Å². The van der Waals surface area contributed by atoms with E-state index >= 15 is 0 Å². The zero-order valence-electron chi connectivity index (χ0n) is 19.8. The lowest BCUT2D eigenvalue weighted by Gasteiger charge is -2.32. The SMILES string of the molecule is C=Cc1csc(C(=O)N[C@H]2CCC[C@@H](n3c(-c4ccccc4F)nc4cnc(-c5nc[nH]n5)cc43)C2)n1. The van der Waals surface area contributed by atoms with Gasteiger partial charge in [0.05, 0.1) is 23.0 Å². The van der Waals surface area contributed by atoms with Crippen LogP contribution >= 0.6 is 11.3 Å². The van der Waals surface area contributed by atoms with Crippen molar-refractivity contribution in [3.8, 4) is 22.9 Å². The highest BCUT2D eigenvalue weighted by molar-refractivity contribution is 7.11. The molecule has 0 spiro atoms. The van der Waals surface area contributed by atoms with Gasteiger partial charge in [0.1, 0.15) is 29.2 Å². The summed E-state index contributed by atoms with van der Waals surface area (Å²) in [6.45, 7) is 3.71. The van der Waals surface area contributed by atoms with Gasteiger partial charge in [-0.1, -0.05) is 18.7 Å². The van der Waals surface area contributed by atoms with E-state index < -0.39 is 0 Å². The minimum Gasteiger partial charge on any atom is -0.347 e. The standard InChI is InChI=1S/C26H23FN8OS/c1-2-15-13-37-26(32-15)25(36)31-16-6-5-7-17(10-16)35-22-11-20(23-29-14-30-34-23)28-12-21(22)33-24(35)18-8-3-4-9-19(18)27/h2-4,8-9,11-14,16-17H,1,5-7,10H2,(H,31,36)(H,29,30,34)/t16-,17+/m0/s1. The van der Waals surface area contributed by atoms with Crippen molar-refractivity contribution < 1.29 is 9.18 Å². The number of carbonyl (C=O) groups is 1. The summed E-state index contributed by atoms with van der Waals surface area (Å²) in [6, 6.07) is 8.46. The fourth-order valence-electron chi connectivity index (χ4n) is 4.92. The van der Waals surface area contributed by atoms with Crippen molar-refractivity contribution in [3.05, 3.63) is 71.3 Å². The number of carbonyl (C=O) groups excluding carboxylic acids is 1. The highest BCUT2D eigenvalue weighted by Crippen LogP contribution is 2.37. The van der Waals surface area contributed by atoms with E-state index in [0.717, 1.165) is 24.8 Å². The van der Waals surface area contributed by atoms with Crippen molar-refractivity contribution in [2.45, 2.75) is 37.8 Å². The summed E-state index contributed by atoms with van der Waals surface area (Å²) in [4.78, 5) is 30.7. The fourth-order valence-corrected chi connectivity index (χ4v) is 5.62. The van der Waals surface area contributed by atoms with Gasteiger partial charge >= 0.3 is 0 Å². The number of amides is 1. The lowest BCUT2D eigenvalue weighted by molar-refractivity contribution is 0.0920. The topological polar surface area (TPSA) is 114 Å². The first-order valence-electron chi connectivity index (χ1n) is 12.0. The second-order valence-electron chi connectivity index (χ2n) is 8.94. The van der Waals surface area contributed by atoms with E-state index in [1.54, 1.807) is 30.5 Å². The minimum absolute atomic E-state index is 0.0129. The number of aromatic amines is 1. The Hall–Kier alpha value is -4.25. The first kappa shape index (κ1) is 23.2. The summed E-state index contributed by atoms with van der Waals surface area (Å²) >= 11 is 1.30. The number of halogens is 1. The molecular weight excluding hydrogens is 491 g/mol. The maximum atomic E-state index is 15.0. The van der Waals surface area contributed by atoms with Crippen LogP contribution in [-0.2, 0) is 0 Å². The number of imidazole rings is 1. The van der Waals surface area contributed by atoms with Gasteiger partial charge in [-0.15, -0.1) is 11.3 Å². The van der Waals surface area contributed by atoms with Gasteiger partial charge in [0, 0.05) is 17.5 Å². The number of rotatable bonds is 6. The lowest BCUT2D eigenvalue weighted by Crippen LogP contribution is -2.39. The van der Waals surface area contributed by atoms with E-state index in [1.165, 1.54) is 23.7 Å². The molecule has 6 rings (SSSR count). The molecule has 37 heavy (non-hydrogen) atoms. The molecule has 2 atom stereocenters. The fraction of sp³-hybridized carbons (Fsp3) is 0.231. The predicted octanol–water partition coefficient (Wildman–Crippen LogP) is 5.04. The molecule has 0 radical (unpaired) electrons. The molecule has 11 heteroatoms. The molecule has 5 aromatic rings. The molecule has 0 bridgehead atoms. The highest BCUT2D eigenvalue weighted by Gasteiger charge is 2.29. The smallest absolute Gasteiger partial charge is 0.280 e. The summed E-state index contributed by atoms with van der Waals surface area (Å²) < 4.78 is 17.0. The quantitative estimate of drug-likeness (QED) is 0.328. The van der Waals surface area contributed by atoms with Crippen LogP contribution in [-0.4, -0.2) is 46.6 Å². The number of pyridine rings is 1. The summed E-state index contributed by atoms with van der Waals surface area (Å²) in [5.41, 5.74) is 3.18. The Morgan fingerprint density at radius 3 is 2.92 bits per heavy atom. The normalized spacial score (nSPS) is 17.6. The Balaban J connectivity index is 1.38. The van der Waals surface area contributed by atoms with Crippen LogP contribution in [0.15, 0.2) is 54.8 Å². The Kier molecular flexibility index (Phi) is 6.05. The third-order valence-electron chi connectivity index (χ3n) is 6.61. The molecule has 4 aromatic heterocycles. The number of thiazole rings is 1. The van der Waals surface area contributed by atoms with E-state index in [4.69, 9.17) is 4.98 Å². The van der Waals surface area contributed by atoms with Crippen LogP contribution in [0, 0.1) is 5.82 Å². The average Bonchev–Trinajstić information content (AvgIpc) is 3.68. The monoisotopic (exact) mass is 514 g/mol. The van der Waals surface area contributed by atoms with Crippen LogP contribution in [0.1, 0.15) is 47.2 Å². The molecule has 186 valence electrons. The number of fused-ring (bicyclic) bond motifs is 1. The second-order valence-corrected chi connectivity index (χ2v) is 9.80. The van der Waals surface area contributed by atoms with Crippen LogP contribution in [0.5, 0.6) is 0 Å². The molecule has 1 amide bonds. The average molecular weight is 515 g/mol. The Bertz CT molecular complexity index is 1590. The van der Waals surface area contributed by atoms with E-state index in [9.17, 15) is 9.18 Å². The minimum atomic E-state index is -0.344. The van der Waals surface area contributed by atoms with Crippen molar-refractivity contribution in [2.24, 2.45) is 0 Å². The van der Waals surface area contributed by atoms with E-state index in [2.05, 4.69) is 41.6 Å². The summed E-state index contributed by atoms with van der Waals surface area (Å²) in [6.07, 6.45) is 8.10. The molecule has 9 nitrogen and oxygen atoms in total. The molecule has 1 fully saturated rings. The van der Waals surface area contributed by atoms with Crippen LogP contribution < -0.4 is 5.32 Å². The first-order valence-corrected chi connectivity index (χ1v) is 12.9. The Morgan fingerprint density at radius 2 is 2.14 bits per heavy atom. The lowest BCUT2D eigenvalue weighted by atomic mass is 9.90. The molecule has 0 saturated heterocycles. The van der Waals surface area contributed by atoms with Crippen molar-refractivity contribution in [3.63, 3.8) is 0 Å².